The molecule has 1 amide bonds. The van der Waals surface area contributed by atoms with Crippen molar-refractivity contribution in [3.05, 3.63) is 35.7 Å². The van der Waals surface area contributed by atoms with Gasteiger partial charge in [0, 0.05) is 30.0 Å². The SMILES string of the molecule is Cc1[nH]ncc1-c1cccc2c1CCN2C(=O)C1CCCN1C#N. The van der Waals surface area contributed by atoms with Crippen LogP contribution in [0.2, 0.25) is 0 Å². The van der Waals surface area contributed by atoms with E-state index < -0.39 is 0 Å². The molecule has 1 unspecified atom stereocenters. The predicted molar refractivity (Wildman–Crippen MR) is 90.2 cm³/mol. The van der Waals surface area contributed by atoms with Crippen molar-refractivity contribution in [3.8, 4) is 17.3 Å². The molecule has 2 aliphatic heterocycles. The van der Waals surface area contributed by atoms with Gasteiger partial charge in [0.15, 0.2) is 6.19 Å². The highest BCUT2D eigenvalue weighted by atomic mass is 16.2. The molecule has 0 spiro atoms. The topological polar surface area (TPSA) is 76.0 Å². The van der Waals surface area contributed by atoms with Crippen molar-refractivity contribution >= 4 is 11.6 Å². The molecule has 3 heterocycles. The van der Waals surface area contributed by atoms with E-state index in [1.807, 2.05) is 30.2 Å². The molecule has 1 atom stereocenters. The van der Waals surface area contributed by atoms with Crippen LogP contribution in [0.3, 0.4) is 0 Å². The molecule has 0 saturated carbocycles. The lowest BCUT2D eigenvalue weighted by molar-refractivity contribution is -0.121. The second kappa shape index (κ2) is 5.68. The van der Waals surface area contributed by atoms with E-state index in [-0.39, 0.29) is 11.9 Å². The smallest absolute Gasteiger partial charge is 0.250 e. The Morgan fingerprint density at radius 3 is 3.00 bits per heavy atom. The van der Waals surface area contributed by atoms with E-state index in [1.54, 1.807) is 4.90 Å². The number of aromatic nitrogens is 2. The third-order valence-corrected chi connectivity index (χ3v) is 5.08. The van der Waals surface area contributed by atoms with Gasteiger partial charge in [-0.25, -0.2) is 0 Å². The lowest BCUT2D eigenvalue weighted by Gasteiger charge is -2.25. The van der Waals surface area contributed by atoms with Crippen molar-refractivity contribution in [1.82, 2.24) is 15.1 Å². The van der Waals surface area contributed by atoms with Crippen LogP contribution in [0.4, 0.5) is 5.69 Å². The number of hydrogen-bond donors (Lipinski definition) is 1. The minimum atomic E-state index is -0.305. The van der Waals surface area contributed by atoms with Gasteiger partial charge in [0.2, 0.25) is 5.91 Å². The first kappa shape index (κ1) is 14.8. The number of likely N-dealkylation sites (tertiary alicyclic amines) is 1. The van der Waals surface area contributed by atoms with Gasteiger partial charge in [-0.15, -0.1) is 0 Å². The third kappa shape index (κ3) is 2.16. The molecule has 24 heavy (non-hydrogen) atoms. The van der Waals surface area contributed by atoms with Crippen LogP contribution < -0.4 is 4.90 Å². The van der Waals surface area contributed by atoms with Gasteiger partial charge < -0.3 is 4.90 Å². The van der Waals surface area contributed by atoms with Crippen molar-refractivity contribution < 1.29 is 4.79 Å². The maximum atomic E-state index is 13.0. The molecule has 1 fully saturated rings. The summed E-state index contributed by atoms with van der Waals surface area (Å²) in [7, 11) is 0. The Hall–Kier alpha value is -2.81. The number of hydrogen-bond acceptors (Lipinski definition) is 4. The summed E-state index contributed by atoms with van der Waals surface area (Å²) in [6.07, 6.45) is 6.49. The minimum absolute atomic E-state index is 0.0499. The van der Waals surface area contributed by atoms with Crippen LogP contribution >= 0.6 is 0 Å². The number of rotatable bonds is 2. The van der Waals surface area contributed by atoms with Gasteiger partial charge >= 0.3 is 0 Å². The van der Waals surface area contributed by atoms with Crippen LogP contribution in [-0.2, 0) is 11.2 Å². The molecule has 1 saturated heterocycles. The van der Waals surface area contributed by atoms with Gasteiger partial charge in [-0.3, -0.25) is 14.8 Å². The third-order valence-electron chi connectivity index (χ3n) is 5.08. The van der Waals surface area contributed by atoms with Crippen molar-refractivity contribution in [2.75, 3.05) is 18.0 Å². The van der Waals surface area contributed by atoms with Gasteiger partial charge in [-0.2, -0.15) is 10.4 Å². The average molecular weight is 321 g/mol. The highest BCUT2D eigenvalue weighted by Gasteiger charge is 2.36. The number of benzene rings is 1. The predicted octanol–water partition coefficient (Wildman–Crippen LogP) is 2.22. The Labute approximate surface area is 140 Å². The second-order valence-corrected chi connectivity index (χ2v) is 6.40. The summed E-state index contributed by atoms with van der Waals surface area (Å²) in [5.74, 6) is 0.0499. The Bertz CT molecular complexity index is 834. The zero-order valence-electron chi connectivity index (χ0n) is 13.6. The van der Waals surface area contributed by atoms with E-state index in [9.17, 15) is 10.1 Å². The molecular formula is C18H19N5O. The van der Waals surface area contributed by atoms with E-state index in [0.29, 0.717) is 13.1 Å². The van der Waals surface area contributed by atoms with E-state index >= 15 is 0 Å². The fourth-order valence-corrected chi connectivity index (χ4v) is 3.86. The largest absolute Gasteiger partial charge is 0.310 e. The first-order chi connectivity index (χ1) is 11.7. The van der Waals surface area contributed by atoms with Gasteiger partial charge in [0.1, 0.15) is 6.04 Å². The number of nitriles is 1. The molecular weight excluding hydrogens is 302 g/mol. The average Bonchev–Trinajstić information content (AvgIpc) is 3.32. The number of carbonyl (C=O) groups is 1. The van der Waals surface area contributed by atoms with E-state index in [4.69, 9.17) is 0 Å². The molecule has 122 valence electrons. The number of aromatic amines is 1. The van der Waals surface area contributed by atoms with Gasteiger partial charge in [0.25, 0.3) is 0 Å². The summed E-state index contributed by atoms with van der Waals surface area (Å²) in [5.41, 5.74) is 5.41. The standard InChI is InChI=1S/C18H19N5O/c1-12-15(10-20-21-12)13-4-2-5-16-14(13)7-9-23(16)18(24)17-6-3-8-22(17)11-19/h2,4-5,10,17H,3,6-9H2,1H3,(H,20,21). The Kier molecular flexibility index (Phi) is 3.49. The van der Waals surface area contributed by atoms with Gasteiger partial charge in [-0.05, 0) is 43.4 Å². The first-order valence-electron chi connectivity index (χ1n) is 8.30. The zero-order valence-corrected chi connectivity index (χ0v) is 13.6. The number of anilines is 1. The van der Waals surface area contributed by atoms with Gasteiger partial charge in [0.05, 0.1) is 6.20 Å². The number of nitrogens with one attached hydrogen (secondary N) is 1. The molecule has 1 N–H and O–H groups in total. The van der Waals surface area contributed by atoms with E-state index in [0.717, 1.165) is 41.8 Å². The first-order valence-corrected chi connectivity index (χ1v) is 8.30. The number of aryl methyl sites for hydroxylation is 1. The Balaban J connectivity index is 1.69. The maximum Gasteiger partial charge on any atom is 0.250 e. The number of carbonyl (C=O) groups excluding carboxylic acids is 1. The Morgan fingerprint density at radius 1 is 1.38 bits per heavy atom. The molecule has 0 radical (unpaired) electrons. The van der Waals surface area contributed by atoms with Crippen molar-refractivity contribution in [1.29, 1.82) is 5.26 Å². The Morgan fingerprint density at radius 2 is 2.25 bits per heavy atom. The van der Waals surface area contributed by atoms with Crippen LogP contribution in [-0.4, -0.2) is 40.1 Å². The number of amides is 1. The number of H-pyrrole nitrogens is 1. The monoisotopic (exact) mass is 321 g/mol. The van der Waals surface area contributed by atoms with Crippen LogP contribution in [0.5, 0.6) is 0 Å². The number of nitrogens with zero attached hydrogens (tertiary/aromatic N) is 4. The van der Waals surface area contributed by atoms with Crippen LogP contribution in [0.15, 0.2) is 24.4 Å². The van der Waals surface area contributed by atoms with Crippen LogP contribution in [0.1, 0.15) is 24.1 Å². The van der Waals surface area contributed by atoms with Crippen molar-refractivity contribution in [2.45, 2.75) is 32.2 Å². The summed E-state index contributed by atoms with van der Waals surface area (Å²) in [6.45, 7) is 3.36. The molecule has 2 aromatic rings. The molecule has 1 aromatic heterocycles. The van der Waals surface area contributed by atoms with E-state index in [2.05, 4.69) is 22.5 Å². The number of fused-ring (bicyclic) bond motifs is 1. The summed E-state index contributed by atoms with van der Waals surface area (Å²) in [4.78, 5) is 16.4. The molecule has 6 heteroatoms. The molecule has 2 aliphatic rings. The molecule has 1 aromatic carbocycles. The molecule has 6 nitrogen and oxygen atoms in total. The maximum absolute atomic E-state index is 13.0. The fourth-order valence-electron chi connectivity index (χ4n) is 3.86. The molecule has 0 aliphatic carbocycles. The zero-order chi connectivity index (χ0) is 16.7. The second-order valence-electron chi connectivity index (χ2n) is 6.40. The molecule has 4 rings (SSSR count). The highest BCUT2D eigenvalue weighted by Crippen LogP contribution is 2.37. The fraction of sp³-hybridized carbons (Fsp3) is 0.389. The van der Waals surface area contributed by atoms with Gasteiger partial charge in [-0.1, -0.05) is 12.1 Å². The normalized spacial score (nSPS) is 19.4. The summed E-state index contributed by atoms with van der Waals surface area (Å²) >= 11 is 0. The van der Waals surface area contributed by atoms with Crippen LogP contribution in [0.25, 0.3) is 11.1 Å². The molecule has 0 bridgehead atoms. The van der Waals surface area contributed by atoms with Crippen LogP contribution in [0, 0.1) is 18.4 Å². The lowest BCUT2D eigenvalue weighted by atomic mass is 9.98. The lowest BCUT2D eigenvalue weighted by Crippen LogP contribution is -2.43. The summed E-state index contributed by atoms with van der Waals surface area (Å²) in [6, 6.07) is 5.77. The van der Waals surface area contributed by atoms with Crippen molar-refractivity contribution in [3.63, 3.8) is 0 Å². The minimum Gasteiger partial charge on any atom is -0.310 e. The van der Waals surface area contributed by atoms with E-state index in [1.165, 1.54) is 5.56 Å². The summed E-state index contributed by atoms with van der Waals surface area (Å²) in [5, 5.41) is 16.3. The van der Waals surface area contributed by atoms with Crippen molar-refractivity contribution in [2.24, 2.45) is 0 Å². The quantitative estimate of drug-likeness (QED) is 0.861. The summed E-state index contributed by atoms with van der Waals surface area (Å²) < 4.78 is 0. The highest BCUT2D eigenvalue weighted by molar-refractivity contribution is 6.00.